The van der Waals surface area contributed by atoms with Gasteiger partial charge in [-0.15, -0.1) is 0 Å². The molecule has 11 heavy (non-hydrogen) atoms. The molecule has 60 valence electrons. The Morgan fingerprint density at radius 3 is 2.91 bits per heavy atom. The molecule has 0 aliphatic carbocycles. The molecule has 0 saturated carbocycles. The molecule has 1 nitrogen and oxygen atoms in total. The molecule has 0 aliphatic heterocycles. The maximum atomic E-state index is 12.7. The first kappa shape index (κ1) is 8.47. The molecule has 0 fully saturated rings. The first-order chi connectivity index (χ1) is 5.24. The van der Waals surface area contributed by atoms with E-state index in [1.54, 1.807) is 6.20 Å². The Hall–Kier alpha value is -0.630. The van der Waals surface area contributed by atoms with Gasteiger partial charge >= 0.3 is 0 Å². The summed E-state index contributed by atoms with van der Waals surface area (Å²) in [7, 11) is 0. The summed E-state index contributed by atoms with van der Waals surface area (Å²) in [4.78, 5) is 3.69. The fourth-order valence-corrected chi connectivity index (χ4v) is 0.990. The molecule has 0 amide bonds. The van der Waals surface area contributed by atoms with Crippen molar-refractivity contribution in [1.82, 2.24) is 4.98 Å². The van der Waals surface area contributed by atoms with Crippen molar-refractivity contribution in [2.45, 2.75) is 19.8 Å². The number of pyridine rings is 1. The summed E-state index contributed by atoms with van der Waals surface area (Å²) in [5.41, 5.74) is 0.898. The highest BCUT2D eigenvalue weighted by Crippen LogP contribution is 2.12. The van der Waals surface area contributed by atoms with E-state index in [1.807, 2.05) is 6.92 Å². The largest absolute Gasteiger partial charge is 0.241 e. The van der Waals surface area contributed by atoms with Gasteiger partial charge in [0.15, 0.2) is 11.0 Å². The molecule has 0 radical (unpaired) electrons. The molecular formula is C8H9ClFN. The van der Waals surface area contributed by atoms with Gasteiger partial charge in [-0.2, -0.15) is 0 Å². The SMILES string of the molecule is CCCc1cnc(Cl)c(F)c1. The van der Waals surface area contributed by atoms with Crippen LogP contribution in [0.15, 0.2) is 12.3 Å². The number of nitrogens with zero attached hydrogens (tertiary/aromatic N) is 1. The van der Waals surface area contributed by atoms with Crippen LogP contribution in [0, 0.1) is 5.82 Å². The van der Waals surface area contributed by atoms with Crippen molar-refractivity contribution < 1.29 is 4.39 Å². The van der Waals surface area contributed by atoms with Crippen molar-refractivity contribution in [1.29, 1.82) is 0 Å². The topological polar surface area (TPSA) is 12.9 Å². The summed E-state index contributed by atoms with van der Waals surface area (Å²) < 4.78 is 12.7. The van der Waals surface area contributed by atoms with E-state index in [-0.39, 0.29) is 5.15 Å². The molecule has 1 rings (SSSR count). The molecular weight excluding hydrogens is 165 g/mol. The third kappa shape index (κ3) is 2.15. The van der Waals surface area contributed by atoms with Gasteiger partial charge in [-0.05, 0) is 18.1 Å². The number of halogens is 2. The van der Waals surface area contributed by atoms with Crippen LogP contribution in [0.2, 0.25) is 5.15 Å². The minimum absolute atomic E-state index is 0.0511. The van der Waals surface area contributed by atoms with Crippen LogP contribution >= 0.6 is 11.6 Å². The van der Waals surface area contributed by atoms with E-state index in [0.717, 1.165) is 18.4 Å². The Bertz CT molecular complexity index is 250. The van der Waals surface area contributed by atoms with Crippen molar-refractivity contribution >= 4 is 11.6 Å². The number of hydrogen-bond acceptors (Lipinski definition) is 1. The summed E-state index contributed by atoms with van der Waals surface area (Å²) in [6.45, 7) is 2.03. The molecule has 0 aromatic carbocycles. The zero-order valence-electron chi connectivity index (χ0n) is 6.27. The maximum absolute atomic E-state index is 12.7. The summed E-state index contributed by atoms with van der Waals surface area (Å²) in [5, 5.41) is -0.0511. The summed E-state index contributed by atoms with van der Waals surface area (Å²) in [6.07, 6.45) is 3.44. The highest BCUT2D eigenvalue weighted by atomic mass is 35.5. The maximum Gasteiger partial charge on any atom is 0.164 e. The van der Waals surface area contributed by atoms with Crippen LogP contribution in [0.5, 0.6) is 0 Å². The Labute approximate surface area is 70.2 Å². The standard InChI is InChI=1S/C8H9ClFN/c1-2-3-6-4-7(10)8(9)11-5-6/h4-5H,2-3H2,1H3. The zero-order valence-corrected chi connectivity index (χ0v) is 7.03. The van der Waals surface area contributed by atoms with Gasteiger partial charge in [0.05, 0.1) is 0 Å². The van der Waals surface area contributed by atoms with Gasteiger partial charge < -0.3 is 0 Å². The third-order valence-electron chi connectivity index (χ3n) is 1.39. The molecule has 1 heterocycles. The number of hydrogen-bond donors (Lipinski definition) is 0. The number of aromatic nitrogens is 1. The molecule has 1 aromatic rings. The second kappa shape index (κ2) is 3.67. The molecule has 1 aromatic heterocycles. The molecule has 0 spiro atoms. The average molecular weight is 174 g/mol. The highest BCUT2D eigenvalue weighted by Gasteiger charge is 2.00. The van der Waals surface area contributed by atoms with Gasteiger partial charge in [0.25, 0.3) is 0 Å². The van der Waals surface area contributed by atoms with E-state index in [1.165, 1.54) is 6.07 Å². The molecule has 0 bridgehead atoms. The molecule has 3 heteroatoms. The van der Waals surface area contributed by atoms with Gasteiger partial charge in [-0.25, -0.2) is 9.37 Å². The first-order valence-electron chi connectivity index (χ1n) is 3.54. The fourth-order valence-electron chi connectivity index (χ4n) is 0.886. The van der Waals surface area contributed by atoms with Crippen LogP contribution in [-0.2, 0) is 6.42 Å². The van der Waals surface area contributed by atoms with Crippen molar-refractivity contribution in [3.8, 4) is 0 Å². The monoisotopic (exact) mass is 173 g/mol. The Morgan fingerprint density at radius 2 is 2.36 bits per heavy atom. The second-order valence-corrected chi connectivity index (χ2v) is 2.72. The van der Waals surface area contributed by atoms with Gasteiger partial charge in [0, 0.05) is 6.20 Å². The lowest BCUT2D eigenvalue weighted by molar-refractivity contribution is 0.618. The highest BCUT2D eigenvalue weighted by molar-refractivity contribution is 6.29. The lowest BCUT2D eigenvalue weighted by Crippen LogP contribution is -1.88. The smallest absolute Gasteiger partial charge is 0.164 e. The fraction of sp³-hybridized carbons (Fsp3) is 0.375. The van der Waals surface area contributed by atoms with Crippen molar-refractivity contribution in [3.63, 3.8) is 0 Å². The molecule has 0 atom stereocenters. The minimum Gasteiger partial charge on any atom is -0.241 e. The number of rotatable bonds is 2. The summed E-state index contributed by atoms with van der Waals surface area (Å²) in [6, 6.07) is 1.43. The predicted molar refractivity (Wildman–Crippen MR) is 43.2 cm³/mol. The van der Waals surface area contributed by atoms with E-state index in [2.05, 4.69) is 4.98 Å². The summed E-state index contributed by atoms with van der Waals surface area (Å²) in [5.74, 6) is -0.433. The van der Waals surface area contributed by atoms with Gasteiger partial charge in [0.1, 0.15) is 0 Å². The van der Waals surface area contributed by atoms with Crippen LogP contribution < -0.4 is 0 Å². The average Bonchev–Trinajstić information content (AvgIpc) is 1.98. The molecule has 0 unspecified atom stereocenters. The third-order valence-corrected chi connectivity index (χ3v) is 1.67. The lowest BCUT2D eigenvalue weighted by atomic mass is 10.2. The minimum atomic E-state index is -0.433. The zero-order chi connectivity index (χ0) is 8.27. The van der Waals surface area contributed by atoms with E-state index < -0.39 is 5.82 Å². The first-order valence-corrected chi connectivity index (χ1v) is 3.91. The molecule has 0 aliphatic rings. The quantitative estimate of drug-likeness (QED) is 0.627. The number of aryl methyl sites for hydroxylation is 1. The molecule has 0 N–H and O–H groups in total. The normalized spacial score (nSPS) is 10.1. The Balaban J connectivity index is 2.86. The van der Waals surface area contributed by atoms with E-state index in [9.17, 15) is 4.39 Å². The predicted octanol–water partition coefficient (Wildman–Crippen LogP) is 2.83. The van der Waals surface area contributed by atoms with Crippen molar-refractivity contribution in [2.75, 3.05) is 0 Å². The van der Waals surface area contributed by atoms with Gasteiger partial charge in [-0.3, -0.25) is 0 Å². The van der Waals surface area contributed by atoms with Crippen molar-refractivity contribution in [3.05, 3.63) is 28.8 Å². The van der Waals surface area contributed by atoms with E-state index >= 15 is 0 Å². The summed E-state index contributed by atoms with van der Waals surface area (Å²) >= 11 is 5.39. The van der Waals surface area contributed by atoms with E-state index in [0.29, 0.717) is 0 Å². The van der Waals surface area contributed by atoms with Crippen LogP contribution in [-0.4, -0.2) is 4.98 Å². The van der Waals surface area contributed by atoms with Gasteiger partial charge in [-0.1, -0.05) is 24.9 Å². The lowest BCUT2D eigenvalue weighted by Gasteiger charge is -1.97. The second-order valence-electron chi connectivity index (χ2n) is 2.37. The Morgan fingerprint density at radius 1 is 1.64 bits per heavy atom. The van der Waals surface area contributed by atoms with Crippen LogP contribution in [0.3, 0.4) is 0 Å². The van der Waals surface area contributed by atoms with Gasteiger partial charge in [0.2, 0.25) is 0 Å². The van der Waals surface area contributed by atoms with Crippen LogP contribution in [0.4, 0.5) is 4.39 Å². The molecule has 0 saturated heterocycles. The van der Waals surface area contributed by atoms with Crippen LogP contribution in [0.1, 0.15) is 18.9 Å². The van der Waals surface area contributed by atoms with E-state index in [4.69, 9.17) is 11.6 Å². The Kier molecular flexibility index (Phi) is 2.83. The van der Waals surface area contributed by atoms with Crippen LogP contribution in [0.25, 0.3) is 0 Å². The van der Waals surface area contributed by atoms with Crippen molar-refractivity contribution in [2.24, 2.45) is 0 Å².